The normalized spacial score (nSPS) is 22.0. The number of rotatable bonds is 5. The number of para-hydroxylation sites is 1. The summed E-state index contributed by atoms with van der Waals surface area (Å²) in [4.78, 5) is 25.3. The van der Waals surface area contributed by atoms with Crippen molar-refractivity contribution in [2.75, 3.05) is 18.0 Å². The van der Waals surface area contributed by atoms with Gasteiger partial charge in [-0.05, 0) is 31.4 Å². The molecule has 0 aromatic heterocycles. The number of hydrogen-bond acceptors (Lipinski definition) is 3. The number of carbonyl (C=O) groups is 2. The molecule has 1 heterocycles. The van der Waals surface area contributed by atoms with Gasteiger partial charge in [0, 0.05) is 18.8 Å². The second-order valence-corrected chi connectivity index (χ2v) is 5.74. The van der Waals surface area contributed by atoms with Crippen molar-refractivity contribution in [3.05, 3.63) is 29.8 Å². The van der Waals surface area contributed by atoms with Crippen molar-refractivity contribution >= 4 is 17.6 Å². The van der Waals surface area contributed by atoms with Crippen molar-refractivity contribution in [2.24, 2.45) is 11.1 Å². The minimum atomic E-state index is -0.745. The number of benzene rings is 1. The summed E-state index contributed by atoms with van der Waals surface area (Å²) in [7, 11) is 0. The van der Waals surface area contributed by atoms with Crippen LogP contribution in [0.5, 0.6) is 0 Å². The topological polar surface area (TPSA) is 83.6 Å². The first-order chi connectivity index (χ1) is 10.00. The molecule has 1 atom stereocenters. The molecule has 1 aromatic carbocycles. The lowest BCUT2D eigenvalue weighted by Gasteiger charge is -2.41. The third-order valence-electron chi connectivity index (χ3n) is 4.27. The highest BCUT2D eigenvalue weighted by atomic mass is 16.4. The smallest absolute Gasteiger partial charge is 0.311 e. The van der Waals surface area contributed by atoms with Crippen LogP contribution in [0, 0.1) is 5.41 Å². The molecule has 21 heavy (non-hydrogen) atoms. The summed E-state index contributed by atoms with van der Waals surface area (Å²) in [5.74, 6) is -1.22. The molecule has 2 rings (SSSR count). The number of hydrogen-bond donors (Lipinski definition) is 2. The molecular weight excluding hydrogens is 268 g/mol. The minimum absolute atomic E-state index is 0.431. The van der Waals surface area contributed by atoms with Crippen LogP contribution >= 0.6 is 0 Å². The van der Waals surface area contributed by atoms with Gasteiger partial charge in [-0.15, -0.1) is 0 Å². The third kappa shape index (κ3) is 3.01. The molecule has 114 valence electrons. The maximum absolute atomic E-state index is 11.7. The zero-order chi connectivity index (χ0) is 15.5. The fourth-order valence-corrected chi connectivity index (χ4v) is 3.26. The molecule has 1 unspecified atom stereocenters. The van der Waals surface area contributed by atoms with Crippen molar-refractivity contribution in [1.29, 1.82) is 0 Å². The van der Waals surface area contributed by atoms with Crippen LogP contribution in [0.25, 0.3) is 0 Å². The molecule has 3 N–H and O–H groups in total. The highest BCUT2D eigenvalue weighted by Crippen LogP contribution is 2.37. The molecule has 0 saturated carbocycles. The summed E-state index contributed by atoms with van der Waals surface area (Å²) in [5, 5.41) is 9.64. The number of primary amides is 1. The second-order valence-electron chi connectivity index (χ2n) is 5.74. The molecule has 0 bridgehead atoms. The molecule has 1 aliphatic heterocycles. The van der Waals surface area contributed by atoms with Crippen LogP contribution in [0.4, 0.5) is 5.69 Å². The maximum atomic E-state index is 11.7. The Kier molecular flexibility index (Phi) is 4.50. The summed E-state index contributed by atoms with van der Waals surface area (Å²) >= 11 is 0. The van der Waals surface area contributed by atoms with Crippen LogP contribution in [0.3, 0.4) is 0 Å². The van der Waals surface area contributed by atoms with E-state index in [4.69, 9.17) is 5.73 Å². The van der Waals surface area contributed by atoms with Crippen molar-refractivity contribution in [2.45, 2.75) is 32.6 Å². The van der Waals surface area contributed by atoms with Gasteiger partial charge < -0.3 is 15.7 Å². The Hall–Kier alpha value is -2.04. The zero-order valence-corrected chi connectivity index (χ0v) is 12.3. The quantitative estimate of drug-likeness (QED) is 0.871. The molecule has 0 radical (unpaired) electrons. The van der Waals surface area contributed by atoms with Crippen molar-refractivity contribution in [3.8, 4) is 0 Å². The van der Waals surface area contributed by atoms with Crippen LogP contribution in [0.2, 0.25) is 0 Å². The Morgan fingerprint density at radius 1 is 1.38 bits per heavy atom. The van der Waals surface area contributed by atoms with Gasteiger partial charge in [-0.1, -0.05) is 25.5 Å². The fourth-order valence-electron chi connectivity index (χ4n) is 3.26. The molecule has 0 spiro atoms. The Bertz CT molecular complexity index is 540. The van der Waals surface area contributed by atoms with Gasteiger partial charge in [0.1, 0.15) is 0 Å². The molecule has 1 saturated heterocycles. The predicted octanol–water partition coefficient (Wildman–Crippen LogP) is 2.26. The molecule has 1 amide bonds. The van der Waals surface area contributed by atoms with E-state index in [-0.39, 0.29) is 0 Å². The lowest BCUT2D eigenvalue weighted by molar-refractivity contribution is -0.150. The lowest BCUT2D eigenvalue weighted by atomic mass is 9.76. The van der Waals surface area contributed by atoms with Gasteiger partial charge in [0.05, 0.1) is 11.0 Å². The van der Waals surface area contributed by atoms with Gasteiger partial charge in [-0.25, -0.2) is 0 Å². The van der Waals surface area contributed by atoms with E-state index in [0.717, 1.165) is 25.1 Å². The predicted molar refractivity (Wildman–Crippen MR) is 81.4 cm³/mol. The third-order valence-corrected chi connectivity index (χ3v) is 4.27. The van der Waals surface area contributed by atoms with E-state index < -0.39 is 17.3 Å². The minimum Gasteiger partial charge on any atom is -0.481 e. The van der Waals surface area contributed by atoms with Gasteiger partial charge in [0.25, 0.3) is 5.91 Å². The molecule has 5 heteroatoms. The second kappa shape index (κ2) is 6.16. The summed E-state index contributed by atoms with van der Waals surface area (Å²) in [6.07, 6.45) is 2.97. The number of carboxylic acid groups (broad SMARTS) is 1. The van der Waals surface area contributed by atoms with E-state index in [0.29, 0.717) is 24.9 Å². The molecule has 0 aliphatic carbocycles. The Labute approximate surface area is 124 Å². The van der Waals surface area contributed by atoms with E-state index >= 15 is 0 Å². The largest absolute Gasteiger partial charge is 0.481 e. The highest BCUT2D eigenvalue weighted by Gasteiger charge is 2.42. The van der Waals surface area contributed by atoms with Gasteiger partial charge in [0.2, 0.25) is 0 Å². The number of carboxylic acids is 1. The Morgan fingerprint density at radius 3 is 2.71 bits per heavy atom. The maximum Gasteiger partial charge on any atom is 0.311 e. The van der Waals surface area contributed by atoms with Crippen molar-refractivity contribution in [3.63, 3.8) is 0 Å². The monoisotopic (exact) mass is 290 g/mol. The van der Waals surface area contributed by atoms with Crippen LogP contribution in [0.1, 0.15) is 43.0 Å². The molecule has 1 aliphatic rings. The van der Waals surface area contributed by atoms with Gasteiger partial charge in [-0.2, -0.15) is 0 Å². The van der Waals surface area contributed by atoms with E-state index in [1.807, 2.05) is 24.0 Å². The number of carbonyl (C=O) groups excluding carboxylic acids is 1. The van der Waals surface area contributed by atoms with Gasteiger partial charge in [-0.3, -0.25) is 9.59 Å². The van der Waals surface area contributed by atoms with Gasteiger partial charge in [0.15, 0.2) is 0 Å². The van der Waals surface area contributed by atoms with E-state index in [9.17, 15) is 14.7 Å². The first-order valence-electron chi connectivity index (χ1n) is 7.37. The van der Waals surface area contributed by atoms with Crippen LogP contribution < -0.4 is 10.6 Å². The summed E-state index contributed by atoms with van der Waals surface area (Å²) in [6.45, 7) is 3.19. The van der Waals surface area contributed by atoms with Crippen molar-refractivity contribution in [1.82, 2.24) is 0 Å². The van der Waals surface area contributed by atoms with Crippen molar-refractivity contribution < 1.29 is 14.7 Å². The van der Waals surface area contributed by atoms with Gasteiger partial charge >= 0.3 is 5.97 Å². The van der Waals surface area contributed by atoms with Crippen LogP contribution in [-0.4, -0.2) is 30.1 Å². The number of nitrogens with two attached hydrogens (primary N) is 1. The molecule has 5 nitrogen and oxygen atoms in total. The van der Waals surface area contributed by atoms with Crippen LogP contribution in [-0.2, 0) is 4.79 Å². The average Bonchev–Trinajstić information content (AvgIpc) is 2.47. The number of nitrogens with zero attached hydrogens (tertiary/aromatic N) is 1. The zero-order valence-electron chi connectivity index (χ0n) is 12.3. The summed E-state index contributed by atoms with van der Waals surface area (Å²) in [6, 6.07) is 7.14. The lowest BCUT2D eigenvalue weighted by Crippen LogP contribution is -2.48. The average molecular weight is 290 g/mol. The van der Waals surface area contributed by atoms with E-state index in [1.165, 1.54) is 0 Å². The summed E-state index contributed by atoms with van der Waals surface area (Å²) in [5.41, 5.74) is 5.90. The first kappa shape index (κ1) is 15.4. The van der Waals surface area contributed by atoms with Crippen LogP contribution in [0.15, 0.2) is 24.3 Å². The fraction of sp³-hybridized carbons (Fsp3) is 0.500. The number of piperidine rings is 1. The number of amides is 1. The number of anilines is 1. The Morgan fingerprint density at radius 2 is 2.10 bits per heavy atom. The van der Waals surface area contributed by atoms with E-state index in [1.54, 1.807) is 12.1 Å². The molecular formula is C16H22N2O3. The first-order valence-corrected chi connectivity index (χ1v) is 7.37. The SMILES string of the molecule is CCCC1(C(=O)O)CCCN(c2ccccc2C(N)=O)C1. The van der Waals surface area contributed by atoms with E-state index in [2.05, 4.69) is 0 Å². The number of aliphatic carboxylic acids is 1. The Balaban J connectivity index is 2.33. The molecule has 1 aromatic rings. The standard InChI is InChI=1S/C16H22N2O3/c1-2-8-16(15(20)21)9-5-10-18(11-16)13-7-4-3-6-12(13)14(17)19/h3-4,6-7H,2,5,8-11H2,1H3,(H2,17,19)(H,20,21). The highest BCUT2D eigenvalue weighted by molar-refractivity contribution is 5.98. The molecule has 1 fully saturated rings. The summed E-state index contributed by atoms with van der Waals surface area (Å²) < 4.78 is 0.